The molecule has 0 radical (unpaired) electrons. The number of hydrogen-bond acceptors (Lipinski definition) is 8. The number of unbranched alkanes of at least 4 members (excludes halogenated alkanes) is 7. The zero-order chi connectivity index (χ0) is 36.1. The molecule has 4 aromatic rings. The standard InChI is InChI=1S/C44H46O8/c45-39(25-21-31-19-23-37-35(29-31)41(43(47)51-37)33-15-9-7-10-16-33)49-27-13-5-3-1-2-4-6-14-28-50-40(46)26-22-32-20-24-38-36(30-32)42(44(48)52-38)34-17-11-8-12-18-34/h7-12,15-20,23-24,29-30,41-42H,1-6,13-14,21-22,25-28H2. The highest BCUT2D eigenvalue weighted by atomic mass is 16.5. The number of benzene rings is 4. The van der Waals surface area contributed by atoms with E-state index in [1.54, 1.807) is 0 Å². The molecule has 52 heavy (non-hydrogen) atoms. The summed E-state index contributed by atoms with van der Waals surface area (Å²) in [5.74, 6) is -0.666. The van der Waals surface area contributed by atoms with Crippen molar-refractivity contribution in [1.82, 2.24) is 0 Å². The molecule has 0 aromatic heterocycles. The van der Waals surface area contributed by atoms with E-state index in [2.05, 4.69) is 0 Å². The largest absolute Gasteiger partial charge is 0.466 e. The summed E-state index contributed by atoms with van der Waals surface area (Å²) in [5.41, 5.74) is 5.45. The van der Waals surface area contributed by atoms with Gasteiger partial charge in [0.15, 0.2) is 0 Å². The van der Waals surface area contributed by atoms with Gasteiger partial charge in [0.25, 0.3) is 0 Å². The molecular formula is C44H46O8. The minimum absolute atomic E-state index is 0.207. The first-order valence-corrected chi connectivity index (χ1v) is 18.6. The van der Waals surface area contributed by atoms with Crippen molar-refractivity contribution in [3.05, 3.63) is 130 Å². The summed E-state index contributed by atoms with van der Waals surface area (Å²) in [6.45, 7) is 0.864. The minimum atomic E-state index is -0.437. The zero-order valence-corrected chi connectivity index (χ0v) is 29.6. The van der Waals surface area contributed by atoms with E-state index in [-0.39, 0.29) is 23.9 Å². The number of carbonyl (C=O) groups is 4. The number of esters is 4. The first-order valence-electron chi connectivity index (χ1n) is 18.6. The van der Waals surface area contributed by atoms with Crippen molar-refractivity contribution < 1.29 is 38.1 Å². The molecule has 0 saturated heterocycles. The highest BCUT2D eigenvalue weighted by Crippen LogP contribution is 2.41. The fourth-order valence-corrected chi connectivity index (χ4v) is 6.93. The Morgan fingerprint density at radius 2 is 0.885 bits per heavy atom. The van der Waals surface area contributed by atoms with Gasteiger partial charge in [-0.2, -0.15) is 0 Å². The Kier molecular flexibility index (Phi) is 12.9. The topological polar surface area (TPSA) is 105 Å². The van der Waals surface area contributed by atoms with Crippen molar-refractivity contribution in [2.75, 3.05) is 13.2 Å². The number of carbonyl (C=O) groups excluding carboxylic acids is 4. The Morgan fingerprint density at radius 3 is 1.29 bits per heavy atom. The molecule has 0 amide bonds. The van der Waals surface area contributed by atoms with E-state index in [4.69, 9.17) is 18.9 Å². The molecule has 0 bridgehead atoms. The number of aryl methyl sites for hydroxylation is 2. The lowest BCUT2D eigenvalue weighted by Crippen LogP contribution is -2.11. The Labute approximate surface area is 305 Å². The fraction of sp³-hybridized carbons (Fsp3) is 0.364. The molecule has 8 nitrogen and oxygen atoms in total. The van der Waals surface area contributed by atoms with Gasteiger partial charge in [-0.15, -0.1) is 0 Å². The lowest BCUT2D eigenvalue weighted by atomic mass is 9.91. The summed E-state index contributed by atoms with van der Waals surface area (Å²) in [6, 6.07) is 30.6. The van der Waals surface area contributed by atoms with E-state index in [0.717, 1.165) is 84.7 Å². The maximum atomic E-state index is 12.5. The lowest BCUT2D eigenvalue weighted by molar-refractivity contribution is -0.144. The van der Waals surface area contributed by atoms with Crippen LogP contribution in [0.15, 0.2) is 97.1 Å². The van der Waals surface area contributed by atoms with Gasteiger partial charge < -0.3 is 18.9 Å². The number of rotatable bonds is 19. The molecule has 4 aromatic carbocycles. The van der Waals surface area contributed by atoms with Crippen LogP contribution < -0.4 is 9.47 Å². The normalized spacial score (nSPS) is 15.8. The highest BCUT2D eigenvalue weighted by molar-refractivity contribution is 5.90. The number of hydrogen-bond donors (Lipinski definition) is 0. The highest BCUT2D eigenvalue weighted by Gasteiger charge is 2.35. The van der Waals surface area contributed by atoms with Gasteiger partial charge in [0.1, 0.15) is 23.3 Å². The summed E-state index contributed by atoms with van der Waals surface area (Å²) >= 11 is 0. The first-order chi connectivity index (χ1) is 25.5. The molecule has 2 aliphatic heterocycles. The smallest absolute Gasteiger partial charge is 0.323 e. The van der Waals surface area contributed by atoms with E-state index in [9.17, 15) is 19.2 Å². The second-order valence-corrected chi connectivity index (χ2v) is 13.5. The van der Waals surface area contributed by atoms with Crippen LogP contribution in [-0.4, -0.2) is 37.1 Å². The molecule has 0 saturated carbocycles. The zero-order valence-electron chi connectivity index (χ0n) is 29.6. The van der Waals surface area contributed by atoms with Gasteiger partial charge in [0.2, 0.25) is 0 Å². The van der Waals surface area contributed by atoms with Crippen LogP contribution in [0.5, 0.6) is 11.5 Å². The first kappa shape index (κ1) is 36.5. The summed E-state index contributed by atoms with van der Waals surface area (Å²) in [6.07, 6.45) is 9.88. The Hall–Kier alpha value is -5.24. The van der Waals surface area contributed by atoms with Crippen LogP contribution in [-0.2, 0) is 41.5 Å². The monoisotopic (exact) mass is 702 g/mol. The molecule has 270 valence electrons. The second kappa shape index (κ2) is 18.3. The van der Waals surface area contributed by atoms with E-state index in [0.29, 0.717) is 50.4 Å². The fourth-order valence-electron chi connectivity index (χ4n) is 6.93. The minimum Gasteiger partial charge on any atom is -0.466 e. The summed E-state index contributed by atoms with van der Waals surface area (Å²) in [5, 5.41) is 0. The molecule has 8 heteroatoms. The predicted octanol–water partition coefficient (Wildman–Crippen LogP) is 8.56. The molecule has 0 fully saturated rings. The third kappa shape index (κ3) is 9.75. The number of fused-ring (bicyclic) bond motifs is 2. The van der Waals surface area contributed by atoms with Gasteiger partial charge in [-0.3, -0.25) is 19.2 Å². The Morgan fingerprint density at radius 1 is 0.500 bits per heavy atom. The van der Waals surface area contributed by atoms with Gasteiger partial charge >= 0.3 is 23.9 Å². The van der Waals surface area contributed by atoms with Crippen LogP contribution in [0.3, 0.4) is 0 Å². The van der Waals surface area contributed by atoms with Gasteiger partial charge in [-0.05, 0) is 60.1 Å². The molecule has 2 aliphatic rings. The molecular weight excluding hydrogens is 656 g/mol. The molecule has 0 aliphatic carbocycles. The van der Waals surface area contributed by atoms with E-state index in [1.807, 2.05) is 97.1 Å². The van der Waals surface area contributed by atoms with E-state index < -0.39 is 11.8 Å². The van der Waals surface area contributed by atoms with Crippen LogP contribution in [0.25, 0.3) is 0 Å². The van der Waals surface area contributed by atoms with Gasteiger partial charge in [0.05, 0.1) is 13.2 Å². The Balaban J connectivity index is 0.766. The summed E-state index contributed by atoms with van der Waals surface area (Å²) < 4.78 is 21.9. The quantitative estimate of drug-likeness (QED) is 0.0544. The average molecular weight is 703 g/mol. The predicted molar refractivity (Wildman–Crippen MR) is 196 cm³/mol. The third-order valence-electron chi connectivity index (χ3n) is 9.73. The Bertz CT molecular complexity index is 1700. The van der Waals surface area contributed by atoms with Gasteiger partial charge in [-0.25, -0.2) is 0 Å². The average Bonchev–Trinajstić information content (AvgIpc) is 3.68. The molecule has 2 heterocycles. The summed E-state index contributed by atoms with van der Waals surface area (Å²) in [4.78, 5) is 49.7. The molecule has 6 rings (SSSR count). The van der Waals surface area contributed by atoms with Gasteiger partial charge in [0, 0.05) is 24.0 Å². The van der Waals surface area contributed by atoms with E-state index in [1.165, 1.54) is 0 Å². The third-order valence-corrected chi connectivity index (χ3v) is 9.73. The van der Waals surface area contributed by atoms with Gasteiger partial charge in [-0.1, -0.05) is 123 Å². The molecule has 2 unspecified atom stereocenters. The number of ether oxygens (including phenoxy) is 4. The van der Waals surface area contributed by atoms with Crippen LogP contribution in [0.1, 0.15) is 109 Å². The molecule has 0 N–H and O–H groups in total. The van der Waals surface area contributed by atoms with E-state index >= 15 is 0 Å². The van der Waals surface area contributed by atoms with Crippen molar-refractivity contribution in [1.29, 1.82) is 0 Å². The summed E-state index contributed by atoms with van der Waals surface area (Å²) in [7, 11) is 0. The maximum Gasteiger partial charge on any atom is 0.323 e. The molecule has 2 atom stereocenters. The SMILES string of the molecule is O=C(CCc1ccc2c(c1)C(c1ccccc1)C(=O)O2)OCCCCCCCCCCOC(=O)CCc1ccc2c(c1)C(c1ccccc1)C(=O)O2. The van der Waals surface area contributed by atoms with Crippen LogP contribution in [0, 0.1) is 0 Å². The lowest BCUT2D eigenvalue weighted by Gasteiger charge is -2.09. The maximum absolute atomic E-state index is 12.5. The van der Waals surface area contributed by atoms with Crippen LogP contribution >= 0.6 is 0 Å². The van der Waals surface area contributed by atoms with Crippen molar-refractivity contribution in [2.24, 2.45) is 0 Å². The van der Waals surface area contributed by atoms with Crippen molar-refractivity contribution in [2.45, 2.75) is 88.9 Å². The van der Waals surface area contributed by atoms with Crippen molar-refractivity contribution >= 4 is 23.9 Å². The molecule has 0 spiro atoms. The van der Waals surface area contributed by atoms with Crippen LogP contribution in [0.2, 0.25) is 0 Å². The second-order valence-electron chi connectivity index (χ2n) is 13.5. The van der Waals surface area contributed by atoms with Crippen molar-refractivity contribution in [3.63, 3.8) is 0 Å². The van der Waals surface area contributed by atoms with Crippen molar-refractivity contribution in [3.8, 4) is 11.5 Å². The van der Waals surface area contributed by atoms with Crippen LogP contribution in [0.4, 0.5) is 0 Å².